The van der Waals surface area contributed by atoms with Crippen LogP contribution in [0, 0.1) is 0 Å². The number of hydrogen-bond acceptors (Lipinski definition) is 5. The fourth-order valence-electron chi connectivity index (χ4n) is 3.17. The van der Waals surface area contributed by atoms with Crippen LogP contribution in [0.1, 0.15) is 39.4 Å². The van der Waals surface area contributed by atoms with Gasteiger partial charge in [0.25, 0.3) is 5.91 Å². The van der Waals surface area contributed by atoms with Crippen molar-refractivity contribution in [1.29, 1.82) is 0 Å². The molecule has 0 aromatic carbocycles. The molecule has 1 amide bonds. The highest BCUT2D eigenvalue weighted by atomic mass is 32.1. The van der Waals surface area contributed by atoms with Gasteiger partial charge in [0.05, 0.1) is 24.5 Å². The van der Waals surface area contributed by atoms with Crippen molar-refractivity contribution in [2.24, 2.45) is 0 Å². The van der Waals surface area contributed by atoms with Gasteiger partial charge in [0.1, 0.15) is 11.4 Å². The lowest BCUT2D eigenvalue weighted by Gasteiger charge is -2.33. The van der Waals surface area contributed by atoms with E-state index in [2.05, 4.69) is 20.7 Å². The molecule has 0 bridgehead atoms. The lowest BCUT2D eigenvalue weighted by molar-refractivity contribution is -0.173. The predicted octanol–water partition coefficient (Wildman–Crippen LogP) is 3.93. The number of amides is 1. The number of rotatable bonds is 4. The Kier molecular flexibility index (Phi) is 4.80. The number of hydrogen-bond donors (Lipinski definition) is 2. The zero-order valence-electron chi connectivity index (χ0n) is 14.5. The van der Waals surface area contributed by atoms with Crippen molar-refractivity contribution in [3.8, 4) is 0 Å². The summed E-state index contributed by atoms with van der Waals surface area (Å²) in [5.41, 5.74) is 0.723. The summed E-state index contributed by atoms with van der Waals surface area (Å²) in [6.07, 6.45) is -1.89. The second-order valence-electron chi connectivity index (χ2n) is 6.36. The molecule has 3 aromatic rings. The topological polar surface area (TPSA) is 71.8 Å². The van der Waals surface area contributed by atoms with Gasteiger partial charge in [-0.1, -0.05) is 12.1 Å². The first-order valence-corrected chi connectivity index (χ1v) is 9.43. The van der Waals surface area contributed by atoms with Crippen molar-refractivity contribution < 1.29 is 18.0 Å². The van der Waals surface area contributed by atoms with Crippen molar-refractivity contribution in [3.05, 3.63) is 64.2 Å². The van der Waals surface area contributed by atoms with Crippen LogP contribution in [-0.4, -0.2) is 26.8 Å². The number of aromatic nitrogens is 3. The summed E-state index contributed by atoms with van der Waals surface area (Å²) in [5, 5.41) is 11.4. The second kappa shape index (κ2) is 7.27. The van der Waals surface area contributed by atoms with Crippen LogP contribution >= 0.6 is 11.3 Å². The van der Waals surface area contributed by atoms with Gasteiger partial charge in [-0.15, -0.1) is 11.3 Å². The third-order valence-corrected chi connectivity index (χ3v) is 5.51. The van der Waals surface area contributed by atoms with Crippen molar-refractivity contribution in [2.45, 2.75) is 31.2 Å². The first kappa shape index (κ1) is 18.5. The van der Waals surface area contributed by atoms with Gasteiger partial charge in [-0.05, 0) is 23.6 Å². The molecule has 4 rings (SSSR count). The number of nitrogens with zero attached hydrogens (tertiary/aromatic N) is 3. The van der Waals surface area contributed by atoms with Crippen LogP contribution in [0.2, 0.25) is 0 Å². The van der Waals surface area contributed by atoms with Crippen LogP contribution in [0.4, 0.5) is 19.0 Å². The van der Waals surface area contributed by atoms with Gasteiger partial charge in [0.2, 0.25) is 0 Å². The third kappa shape index (κ3) is 3.59. The normalized spacial score (nSPS) is 19.0. The van der Waals surface area contributed by atoms with E-state index >= 15 is 0 Å². The fourth-order valence-corrected chi connectivity index (χ4v) is 3.96. The molecule has 3 aromatic heterocycles. The molecule has 0 saturated heterocycles. The Morgan fingerprint density at radius 1 is 1.32 bits per heavy atom. The molecule has 0 aliphatic carbocycles. The van der Waals surface area contributed by atoms with Crippen LogP contribution in [-0.2, 0) is 6.54 Å². The van der Waals surface area contributed by atoms with Gasteiger partial charge in [-0.25, -0.2) is 4.68 Å². The molecular formula is C18H16F3N5OS. The molecule has 2 N–H and O–H groups in total. The van der Waals surface area contributed by atoms with Crippen LogP contribution in [0.5, 0.6) is 0 Å². The lowest BCUT2D eigenvalue weighted by Crippen LogP contribution is -2.36. The molecule has 0 spiro atoms. The largest absolute Gasteiger partial charge is 0.410 e. The zero-order chi connectivity index (χ0) is 19.7. The summed E-state index contributed by atoms with van der Waals surface area (Å²) in [4.78, 5) is 17.5. The van der Waals surface area contributed by atoms with E-state index in [-0.39, 0.29) is 24.3 Å². The lowest BCUT2D eigenvalue weighted by atomic mass is 10.0. The molecule has 2 atom stereocenters. The van der Waals surface area contributed by atoms with Gasteiger partial charge in [0.15, 0.2) is 6.04 Å². The molecular weight excluding hydrogens is 391 g/mol. The molecule has 0 radical (unpaired) electrons. The molecule has 0 saturated carbocycles. The molecule has 4 heterocycles. The first-order valence-electron chi connectivity index (χ1n) is 8.56. The smallest absolute Gasteiger partial charge is 0.362 e. The zero-order valence-corrected chi connectivity index (χ0v) is 15.3. The highest BCUT2D eigenvalue weighted by Gasteiger charge is 2.47. The minimum absolute atomic E-state index is 0.0745. The second-order valence-corrected chi connectivity index (χ2v) is 7.34. The van der Waals surface area contributed by atoms with Crippen LogP contribution < -0.4 is 10.6 Å². The maximum atomic E-state index is 13.6. The van der Waals surface area contributed by atoms with Gasteiger partial charge in [-0.3, -0.25) is 9.78 Å². The number of halogens is 3. The van der Waals surface area contributed by atoms with Crippen LogP contribution in [0.25, 0.3) is 0 Å². The van der Waals surface area contributed by atoms with E-state index in [1.165, 1.54) is 17.5 Å². The standard InChI is InChI=1S/C18H16F3N5OS/c19-18(20,21)15-8-13(14-5-3-7-28-14)25-16-12(10-24-26(15)16)17(27)23-9-11-4-1-2-6-22-11/h1-7,10,13,15,25H,8-9H2,(H,23,27). The highest BCUT2D eigenvalue weighted by molar-refractivity contribution is 7.10. The number of carbonyl (C=O) groups is 1. The van der Waals surface area contributed by atoms with Crippen molar-refractivity contribution >= 4 is 23.1 Å². The van der Waals surface area contributed by atoms with E-state index in [0.717, 1.165) is 9.56 Å². The molecule has 0 fully saturated rings. The summed E-state index contributed by atoms with van der Waals surface area (Å²) in [5.74, 6) is -0.433. The average Bonchev–Trinajstić information content (AvgIpc) is 3.35. The Hall–Kier alpha value is -2.88. The molecule has 10 heteroatoms. The summed E-state index contributed by atoms with van der Waals surface area (Å²) in [7, 11) is 0. The molecule has 28 heavy (non-hydrogen) atoms. The molecule has 2 unspecified atom stereocenters. The Labute approximate surface area is 162 Å². The number of fused-ring (bicyclic) bond motifs is 1. The Balaban J connectivity index is 1.61. The number of thiophene rings is 1. The highest BCUT2D eigenvalue weighted by Crippen LogP contribution is 2.44. The summed E-state index contributed by atoms with van der Waals surface area (Å²) in [6, 6.07) is 6.52. The maximum absolute atomic E-state index is 13.6. The summed E-state index contributed by atoms with van der Waals surface area (Å²) in [6.45, 7) is 0.168. The van der Waals surface area contributed by atoms with Gasteiger partial charge < -0.3 is 10.6 Å². The van der Waals surface area contributed by atoms with E-state index < -0.39 is 24.2 Å². The van der Waals surface area contributed by atoms with Crippen molar-refractivity contribution in [2.75, 3.05) is 5.32 Å². The van der Waals surface area contributed by atoms with Gasteiger partial charge in [0, 0.05) is 17.5 Å². The van der Waals surface area contributed by atoms with Gasteiger partial charge >= 0.3 is 6.18 Å². The van der Waals surface area contributed by atoms with Crippen LogP contribution in [0.3, 0.4) is 0 Å². The number of anilines is 1. The van der Waals surface area contributed by atoms with Crippen molar-refractivity contribution in [1.82, 2.24) is 20.1 Å². The van der Waals surface area contributed by atoms with E-state index in [4.69, 9.17) is 0 Å². The average molecular weight is 407 g/mol. The summed E-state index contributed by atoms with van der Waals surface area (Å²) >= 11 is 1.37. The number of carbonyl (C=O) groups excluding carboxylic acids is 1. The maximum Gasteiger partial charge on any atom is 0.410 e. The van der Waals surface area contributed by atoms with Crippen LogP contribution in [0.15, 0.2) is 48.1 Å². The number of alkyl halides is 3. The monoisotopic (exact) mass is 407 g/mol. The SMILES string of the molecule is O=C(NCc1ccccn1)c1cnn2c1NC(c1cccs1)CC2C(F)(F)F. The van der Waals surface area contributed by atoms with Crippen molar-refractivity contribution in [3.63, 3.8) is 0 Å². The first-order chi connectivity index (χ1) is 13.4. The Morgan fingerprint density at radius 3 is 2.86 bits per heavy atom. The minimum Gasteiger partial charge on any atom is -0.362 e. The van der Waals surface area contributed by atoms with E-state index in [9.17, 15) is 18.0 Å². The Morgan fingerprint density at radius 2 is 2.18 bits per heavy atom. The quantitative estimate of drug-likeness (QED) is 0.688. The minimum atomic E-state index is -4.47. The van der Waals surface area contributed by atoms with E-state index in [1.807, 2.05) is 5.38 Å². The van der Waals surface area contributed by atoms with Gasteiger partial charge in [-0.2, -0.15) is 18.3 Å². The predicted molar refractivity (Wildman–Crippen MR) is 98.0 cm³/mol. The number of nitrogens with one attached hydrogen (secondary N) is 2. The van der Waals surface area contributed by atoms with E-state index in [1.54, 1.807) is 36.5 Å². The Bertz CT molecular complexity index is 956. The molecule has 146 valence electrons. The summed E-state index contributed by atoms with van der Waals surface area (Å²) < 4.78 is 41.7. The molecule has 1 aliphatic heterocycles. The third-order valence-electron chi connectivity index (χ3n) is 4.53. The number of pyridine rings is 1. The van der Waals surface area contributed by atoms with E-state index in [0.29, 0.717) is 5.69 Å². The fraction of sp³-hybridized carbons (Fsp3) is 0.278. The molecule has 1 aliphatic rings. The molecule has 6 nitrogen and oxygen atoms in total.